The number of hydrogen-bond donors (Lipinski definition) is 1. The molecule has 0 aliphatic heterocycles. The van der Waals surface area contributed by atoms with Gasteiger partial charge in [0.05, 0.1) is 6.61 Å². The molecular weight excluding hydrogens is 264 g/mol. The van der Waals surface area contributed by atoms with E-state index in [1.54, 1.807) is 13.8 Å². The van der Waals surface area contributed by atoms with Crippen molar-refractivity contribution in [3.05, 3.63) is 35.4 Å². The van der Waals surface area contributed by atoms with E-state index in [1.807, 2.05) is 13.8 Å². The van der Waals surface area contributed by atoms with Crippen molar-refractivity contribution in [2.24, 2.45) is 5.92 Å². The van der Waals surface area contributed by atoms with Gasteiger partial charge in [0, 0.05) is 11.6 Å². The molecule has 1 aromatic rings. The number of rotatable bonds is 6. The lowest BCUT2D eigenvalue weighted by Gasteiger charge is -2.30. The van der Waals surface area contributed by atoms with Crippen LogP contribution in [-0.2, 0) is 15.1 Å². The number of benzene rings is 1. The number of carbonyl (C=O) groups excluding carboxylic acids is 1. The first-order chi connectivity index (χ1) is 9.31. The molecule has 1 atom stereocenters. The first kappa shape index (κ1) is 16.6. The maximum atomic E-state index is 14.0. The molecule has 0 saturated carbocycles. The van der Waals surface area contributed by atoms with Crippen molar-refractivity contribution < 1.29 is 18.3 Å². The highest BCUT2D eigenvalue weighted by Gasteiger charge is 2.38. The second-order valence-corrected chi connectivity index (χ2v) is 5.24. The first-order valence-electron chi connectivity index (χ1n) is 6.69. The molecule has 0 saturated heterocycles. The minimum atomic E-state index is -1.34. The fraction of sp³-hybridized carbons (Fsp3) is 0.533. The second kappa shape index (κ2) is 6.79. The third-order valence-corrected chi connectivity index (χ3v) is 3.02. The van der Waals surface area contributed by atoms with E-state index >= 15 is 0 Å². The summed E-state index contributed by atoms with van der Waals surface area (Å²) < 4.78 is 32.0. The third kappa shape index (κ3) is 3.76. The molecule has 0 radical (unpaired) electrons. The number of halogens is 2. The van der Waals surface area contributed by atoms with Gasteiger partial charge in [-0.05, 0) is 32.4 Å². The van der Waals surface area contributed by atoms with Gasteiger partial charge in [0.1, 0.15) is 17.2 Å². The average Bonchev–Trinajstić information content (AvgIpc) is 2.36. The highest BCUT2D eigenvalue weighted by atomic mass is 19.1. The normalized spacial score (nSPS) is 14.2. The summed E-state index contributed by atoms with van der Waals surface area (Å²) in [6, 6.07) is 3.17. The smallest absolute Gasteiger partial charge is 0.330 e. The molecule has 0 bridgehead atoms. The molecule has 0 aromatic heterocycles. The number of nitrogens with one attached hydrogen (secondary N) is 1. The molecule has 3 nitrogen and oxygen atoms in total. The highest BCUT2D eigenvalue weighted by molar-refractivity contribution is 5.82. The quantitative estimate of drug-likeness (QED) is 0.817. The Morgan fingerprint density at radius 2 is 2.05 bits per heavy atom. The monoisotopic (exact) mass is 285 g/mol. The topological polar surface area (TPSA) is 38.3 Å². The lowest BCUT2D eigenvalue weighted by atomic mass is 9.90. The van der Waals surface area contributed by atoms with Crippen LogP contribution >= 0.6 is 0 Å². The van der Waals surface area contributed by atoms with Gasteiger partial charge in [0.2, 0.25) is 0 Å². The molecule has 0 aliphatic rings. The van der Waals surface area contributed by atoms with E-state index in [4.69, 9.17) is 4.74 Å². The van der Waals surface area contributed by atoms with Gasteiger partial charge in [0.15, 0.2) is 0 Å². The van der Waals surface area contributed by atoms with E-state index in [1.165, 1.54) is 6.07 Å². The van der Waals surface area contributed by atoms with E-state index in [-0.39, 0.29) is 18.1 Å². The molecule has 1 N–H and O–H groups in total. The molecule has 0 heterocycles. The predicted octanol–water partition coefficient (Wildman–Crippen LogP) is 2.99. The van der Waals surface area contributed by atoms with Crippen LogP contribution < -0.4 is 5.32 Å². The van der Waals surface area contributed by atoms with Crippen LogP contribution in [0.1, 0.15) is 33.3 Å². The zero-order chi connectivity index (χ0) is 15.3. The Morgan fingerprint density at radius 3 is 2.55 bits per heavy atom. The van der Waals surface area contributed by atoms with Gasteiger partial charge < -0.3 is 4.74 Å². The maximum absolute atomic E-state index is 14.0. The largest absolute Gasteiger partial charge is 0.464 e. The van der Waals surface area contributed by atoms with Gasteiger partial charge in [-0.2, -0.15) is 0 Å². The third-order valence-electron chi connectivity index (χ3n) is 3.02. The van der Waals surface area contributed by atoms with E-state index in [0.717, 1.165) is 12.1 Å². The Balaban J connectivity index is 3.17. The van der Waals surface area contributed by atoms with Crippen LogP contribution in [0.25, 0.3) is 0 Å². The van der Waals surface area contributed by atoms with Crippen molar-refractivity contribution in [3.8, 4) is 0 Å². The summed E-state index contributed by atoms with van der Waals surface area (Å²) in [6.07, 6.45) is 0. The van der Waals surface area contributed by atoms with Crippen molar-refractivity contribution in [2.75, 3.05) is 13.2 Å². The van der Waals surface area contributed by atoms with Gasteiger partial charge in [-0.15, -0.1) is 0 Å². The molecule has 0 fully saturated rings. The second-order valence-electron chi connectivity index (χ2n) is 5.24. The Labute approximate surface area is 118 Å². The van der Waals surface area contributed by atoms with E-state index in [0.29, 0.717) is 6.54 Å². The molecule has 1 unspecified atom stereocenters. The summed E-state index contributed by atoms with van der Waals surface area (Å²) in [6.45, 7) is 7.87. The van der Waals surface area contributed by atoms with Crippen molar-refractivity contribution in [2.45, 2.75) is 33.2 Å². The maximum Gasteiger partial charge on any atom is 0.330 e. The van der Waals surface area contributed by atoms with Gasteiger partial charge in [-0.1, -0.05) is 19.9 Å². The van der Waals surface area contributed by atoms with E-state index in [9.17, 15) is 13.6 Å². The molecule has 5 heteroatoms. The van der Waals surface area contributed by atoms with Gasteiger partial charge in [-0.3, -0.25) is 5.32 Å². The van der Waals surface area contributed by atoms with Gasteiger partial charge in [0.25, 0.3) is 0 Å². The molecule has 0 aliphatic carbocycles. The Kier molecular flexibility index (Phi) is 5.62. The number of carbonyl (C=O) groups is 1. The molecule has 0 spiro atoms. The summed E-state index contributed by atoms with van der Waals surface area (Å²) in [5.41, 5.74) is -1.25. The van der Waals surface area contributed by atoms with Crippen LogP contribution in [0, 0.1) is 17.6 Å². The zero-order valence-corrected chi connectivity index (χ0v) is 12.3. The summed E-state index contributed by atoms with van der Waals surface area (Å²) in [4.78, 5) is 12.2. The van der Waals surface area contributed by atoms with Crippen molar-refractivity contribution in [3.63, 3.8) is 0 Å². The van der Waals surface area contributed by atoms with Crippen LogP contribution in [0.4, 0.5) is 8.78 Å². The summed E-state index contributed by atoms with van der Waals surface area (Å²) >= 11 is 0. The van der Waals surface area contributed by atoms with Crippen LogP contribution in [0.3, 0.4) is 0 Å². The first-order valence-corrected chi connectivity index (χ1v) is 6.69. The van der Waals surface area contributed by atoms with Crippen LogP contribution in [0.5, 0.6) is 0 Å². The highest BCUT2D eigenvalue weighted by Crippen LogP contribution is 2.26. The lowest BCUT2D eigenvalue weighted by Crippen LogP contribution is -2.49. The lowest BCUT2D eigenvalue weighted by molar-refractivity contribution is -0.151. The summed E-state index contributed by atoms with van der Waals surface area (Å²) in [7, 11) is 0. The van der Waals surface area contributed by atoms with Crippen molar-refractivity contribution in [1.82, 2.24) is 5.32 Å². The van der Waals surface area contributed by atoms with Crippen molar-refractivity contribution >= 4 is 5.97 Å². The summed E-state index contributed by atoms with van der Waals surface area (Å²) in [5, 5.41) is 3.02. The van der Waals surface area contributed by atoms with Crippen molar-refractivity contribution in [1.29, 1.82) is 0 Å². The number of ether oxygens (including phenoxy) is 1. The average molecular weight is 285 g/mol. The van der Waals surface area contributed by atoms with E-state index < -0.39 is 23.1 Å². The number of esters is 1. The molecular formula is C15H21F2NO2. The molecule has 0 amide bonds. The minimum absolute atomic E-state index is 0.0815. The molecule has 1 rings (SSSR count). The number of hydrogen-bond acceptors (Lipinski definition) is 3. The van der Waals surface area contributed by atoms with Gasteiger partial charge >= 0.3 is 5.97 Å². The minimum Gasteiger partial charge on any atom is -0.464 e. The van der Waals surface area contributed by atoms with Gasteiger partial charge in [-0.25, -0.2) is 13.6 Å². The summed E-state index contributed by atoms with van der Waals surface area (Å²) in [5.74, 6) is -1.75. The van der Waals surface area contributed by atoms with Crippen LogP contribution in [0.2, 0.25) is 0 Å². The van der Waals surface area contributed by atoms with Crippen LogP contribution in [0.15, 0.2) is 18.2 Å². The molecule has 1 aromatic carbocycles. The SMILES string of the molecule is CCOC(=O)C(C)(NCC(C)C)c1ccc(F)cc1F. The Morgan fingerprint density at radius 1 is 1.40 bits per heavy atom. The fourth-order valence-corrected chi connectivity index (χ4v) is 1.86. The predicted molar refractivity (Wildman–Crippen MR) is 73.2 cm³/mol. The zero-order valence-electron chi connectivity index (χ0n) is 12.3. The standard InChI is InChI=1S/C15H21F2NO2/c1-5-20-14(19)15(4,18-9-10(2)3)12-7-6-11(16)8-13(12)17/h6-8,10,18H,5,9H2,1-4H3. The fourth-order valence-electron chi connectivity index (χ4n) is 1.86. The van der Waals surface area contributed by atoms with E-state index in [2.05, 4.69) is 5.32 Å². The van der Waals surface area contributed by atoms with Crippen LogP contribution in [-0.4, -0.2) is 19.1 Å². The Hall–Kier alpha value is -1.49. The molecule has 20 heavy (non-hydrogen) atoms. The molecule has 112 valence electrons. The Bertz CT molecular complexity index is 477.